The zero-order chi connectivity index (χ0) is 12.6. The van der Waals surface area contributed by atoms with Crippen LogP contribution in [0.5, 0.6) is 5.75 Å². The van der Waals surface area contributed by atoms with Gasteiger partial charge in [-0.15, -0.1) is 0 Å². The smallest absolute Gasteiger partial charge is 0.170 e. The summed E-state index contributed by atoms with van der Waals surface area (Å²) in [4.78, 5) is 11.9. The highest BCUT2D eigenvalue weighted by molar-refractivity contribution is 9.10. The summed E-state index contributed by atoms with van der Waals surface area (Å²) in [6, 6.07) is 2.74. The molecule has 1 aliphatic heterocycles. The molecule has 0 spiro atoms. The van der Waals surface area contributed by atoms with Gasteiger partial charge in [-0.1, -0.05) is 6.08 Å². The molecule has 1 aromatic carbocycles. The molecule has 1 unspecified atom stereocenters. The minimum atomic E-state index is -0.421. The number of carbonyl (C=O) groups is 1. The summed E-state index contributed by atoms with van der Waals surface area (Å²) in [5, 5.41) is 0. The fraction of sp³-hybridized carbons (Fsp3) is 0.308. The standard InChI is InChI=1S/C13H12BrFO2/c1-3-7(2)12-6-11(16)8-4-9(14)10(15)5-13(8)17-12/h3-5,12H,6H2,1-2H3. The molecule has 0 aliphatic carbocycles. The van der Waals surface area contributed by atoms with Crippen LogP contribution in [-0.4, -0.2) is 11.9 Å². The minimum Gasteiger partial charge on any atom is -0.485 e. The van der Waals surface area contributed by atoms with Crippen LogP contribution in [0.25, 0.3) is 0 Å². The molecule has 0 aromatic heterocycles. The first-order valence-corrected chi connectivity index (χ1v) is 6.14. The number of Topliss-reactive ketones (excluding diaryl/α,β-unsaturated/α-hetero) is 1. The molecular formula is C13H12BrFO2. The van der Waals surface area contributed by atoms with Gasteiger partial charge in [-0.25, -0.2) is 4.39 Å². The summed E-state index contributed by atoms with van der Waals surface area (Å²) >= 11 is 3.07. The van der Waals surface area contributed by atoms with Crippen molar-refractivity contribution < 1.29 is 13.9 Å². The third kappa shape index (κ3) is 2.27. The molecular weight excluding hydrogens is 287 g/mol. The number of hydrogen-bond donors (Lipinski definition) is 0. The monoisotopic (exact) mass is 298 g/mol. The Hall–Kier alpha value is -1.16. The van der Waals surface area contributed by atoms with Gasteiger partial charge in [-0.05, 0) is 41.4 Å². The van der Waals surface area contributed by atoms with Crippen LogP contribution in [0.1, 0.15) is 30.6 Å². The van der Waals surface area contributed by atoms with Gasteiger partial charge >= 0.3 is 0 Å². The van der Waals surface area contributed by atoms with E-state index in [0.717, 1.165) is 5.57 Å². The Bertz CT molecular complexity index is 508. The van der Waals surface area contributed by atoms with Crippen LogP contribution in [0, 0.1) is 5.82 Å². The lowest BCUT2D eigenvalue weighted by molar-refractivity contribution is 0.0884. The second kappa shape index (κ2) is 4.61. The zero-order valence-electron chi connectivity index (χ0n) is 9.59. The topological polar surface area (TPSA) is 26.3 Å². The van der Waals surface area contributed by atoms with E-state index >= 15 is 0 Å². The highest BCUT2D eigenvalue weighted by atomic mass is 79.9. The quantitative estimate of drug-likeness (QED) is 0.735. The molecule has 90 valence electrons. The molecule has 0 radical (unpaired) electrons. The number of rotatable bonds is 1. The molecule has 2 rings (SSSR count). The van der Waals surface area contributed by atoms with Crippen molar-refractivity contribution in [2.75, 3.05) is 0 Å². The van der Waals surface area contributed by atoms with Gasteiger partial charge in [0.15, 0.2) is 5.78 Å². The average molecular weight is 299 g/mol. The Kier molecular flexibility index (Phi) is 3.33. The third-order valence-corrected chi connectivity index (χ3v) is 3.53. The van der Waals surface area contributed by atoms with Crippen molar-refractivity contribution in [2.24, 2.45) is 0 Å². The lowest BCUT2D eigenvalue weighted by Crippen LogP contribution is -2.28. The fourth-order valence-corrected chi connectivity index (χ4v) is 2.10. The molecule has 0 fully saturated rings. The van der Waals surface area contributed by atoms with Gasteiger partial charge in [0.25, 0.3) is 0 Å². The van der Waals surface area contributed by atoms with Gasteiger partial charge in [-0.3, -0.25) is 4.79 Å². The average Bonchev–Trinajstić information content (AvgIpc) is 2.30. The van der Waals surface area contributed by atoms with E-state index < -0.39 is 5.82 Å². The second-order valence-corrected chi connectivity index (χ2v) is 4.88. The van der Waals surface area contributed by atoms with E-state index in [1.807, 2.05) is 19.9 Å². The maximum atomic E-state index is 13.4. The summed E-state index contributed by atoms with van der Waals surface area (Å²) in [5.74, 6) is -0.110. The largest absolute Gasteiger partial charge is 0.485 e. The number of fused-ring (bicyclic) bond motifs is 1. The Morgan fingerprint density at radius 1 is 1.59 bits per heavy atom. The first-order valence-electron chi connectivity index (χ1n) is 5.34. The van der Waals surface area contributed by atoms with Crippen LogP contribution >= 0.6 is 15.9 Å². The van der Waals surface area contributed by atoms with Gasteiger partial charge in [0.1, 0.15) is 17.7 Å². The Morgan fingerprint density at radius 3 is 2.94 bits per heavy atom. The van der Waals surface area contributed by atoms with Crippen molar-refractivity contribution in [3.05, 3.63) is 39.6 Å². The van der Waals surface area contributed by atoms with Crippen LogP contribution in [0.4, 0.5) is 4.39 Å². The van der Waals surface area contributed by atoms with Crippen LogP contribution < -0.4 is 4.74 Å². The lowest BCUT2D eigenvalue weighted by Gasteiger charge is -2.26. The number of hydrogen-bond acceptors (Lipinski definition) is 2. The van der Waals surface area contributed by atoms with E-state index in [2.05, 4.69) is 15.9 Å². The molecule has 0 saturated heterocycles. The van der Waals surface area contributed by atoms with Gasteiger partial charge in [0, 0.05) is 6.07 Å². The molecule has 1 atom stereocenters. The van der Waals surface area contributed by atoms with Crippen molar-refractivity contribution in [1.82, 2.24) is 0 Å². The maximum Gasteiger partial charge on any atom is 0.170 e. The lowest BCUT2D eigenvalue weighted by atomic mass is 9.97. The Balaban J connectivity index is 2.43. The predicted molar refractivity (Wildman–Crippen MR) is 66.9 cm³/mol. The maximum absolute atomic E-state index is 13.4. The molecule has 0 saturated carbocycles. The van der Waals surface area contributed by atoms with E-state index in [1.54, 1.807) is 0 Å². The molecule has 0 amide bonds. The number of carbonyl (C=O) groups excluding carboxylic acids is 1. The van der Waals surface area contributed by atoms with Crippen LogP contribution in [-0.2, 0) is 0 Å². The van der Waals surface area contributed by atoms with E-state index in [4.69, 9.17) is 4.74 Å². The molecule has 17 heavy (non-hydrogen) atoms. The number of halogens is 2. The Morgan fingerprint density at radius 2 is 2.29 bits per heavy atom. The first-order chi connectivity index (χ1) is 8.02. The van der Waals surface area contributed by atoms with Gasteiger partial charge in [0.2, 0.25) is 0 Å². The van der Waals surface area contributed by atoms with E-state index in [0.29, 0.717) is 17.7 Å². The summed E-state index contributed by atoms with van der Waals surface area (Å²) < 4.78 is 19.3. The number of benzene rings is 1. The second-order valence-electron chi connectivity index (χ2n) is 4.03. The van der Waals surface area contributed by atoms with Crippen molar-refractivity contribution >= 4 is 21.7 Å². The van der Waals surface area contributed by atoms with Crippen molar-refractivity contribution in [2.45, 2.75) is 26.4 Å². The molecule has 2 nitrogen and oxygen atoms in total. The van der Waals surface area contributed by atoms with E-state index in [-0.39, 0.29) is 16.4 Å². The Labute approximate surface area is 108 Å². The summed E-state index contributed by atoms with van der Waals surface area (Å²) in [6.45, 7) is 3.79. The highest BCUT2D eigenvalue weighted by Gasteiger charge is 2.28. The van der Waals surface area contributed by atoms with Gasteiger partial charge in [0.05, 0.1) is 16.5 Å². The summed E-state index contributed by atoms with van der Waals surface area (Å²) in [5.41, 5.74) is 1.42. The molecule has 0 N–H and O–H groups in total. The van der Waals surface area contributed by atoms with Crippen LogP contribution in [0.2, 0.25) is 0 Å². The number of ether oxygens (including phenoxy) is 1. The van der Waals surface area contributed by atoms with E-state index in [1.165, 1.54) is 12.1 Å². The molecule has 1 aliphatic rings. The molecule has 0 bridgehead atoms. The van der Waals surface area contributed by atoms with Crippen molar-refractivity contribution in [3.63, 3.8) is 0 Å². The number of ketones is 1. The minimum absolute atomic E-state index is 0.0156. The first kappa shape index (κ1) is 12.3. The van der Waals surface area contributed by atoms with Gasteiger partial charge < -0.3 is 4.74 Å². The molecule has 4 heteroatoms. The van der Waals surface area contributed by atoms with E-state index in [9.17, 15) is 9.18 Å². The van der Waals surface area contributed by atoms with Crippen LogP contribution in [0.15, 0.2) is 28.3 Å². The number of allylic oxidation sites excluding steroid dienone is 1. The van der Waals surface area contributed by atoms with Crippen molar-refractivity contribution in [3.8, 4) is 5.75 Å². The van der Waals surface area contributed by atoms with Crippen LogP contribution in [0.3, 0.4) is 0 Å². The predicted octanol–water partition coefficient (Wildman–Crippen LogP) is 3.89. The fourth-order valence-electron chi connectivity index (χ4n) is 1.76. The summed E-state index contributed by atoms with van der Waals surface area (Å²) in [6.07, 6.45) is 1.93. The normalized spacial score (nSPS) is 19.9. The highest BCUT2D eigenvalue weighted by Crippen LogP contribution is 2.33. The van der Waals surface area contributed by atoms with Crippen molar-refractivity contribution in [1.29, 1.82) is 0 Å². The summed E-state index contributed by atoms with van der Waals surface area (Å²) in [7, 11) is 0. The zero-order valence-corrected chi connectivity index (χ0v) is 11.2. The van der Waals surface area contributed by atoms with Gasteiger partial charge in [-0.2, -0.15) is 0 Å². The SMILES string of the molecule is CC=C(C)C1CC(=O)c2cc(Br)c(F)cc2O1. The molecule has 1 heterocycles. The molecule has 1 aromatic rings. The third-order valence-electron chi connectivity index (χ3n) is 2.93.